The number of nitrogens with zero attached hydrogens (tertiary/aromatic N) is 2. The molecule has 3 atom stereocenters. The molecule has 3 aliphatic rings. The fourth-order valence-corrected chi connectivity index (χ4v) is 5.72. The number of likely N-dealkylation sites (tertiary alicyclic amines) is 1. The molecule has 2 aromatic carbocycles. The van der Waals surface area contributed by atoms with Gasteiger partial charge in [0.05, 0.1) is 19.1 Å². The molecule has 0 spiro atoms. The lowest BCUT2D eigenvalue weighted by atomic mass is 9.76. The molecule has 2 aromatic rings. The number of hydrogen-bond donors (Lipinski definition) is 1. The first-order valence-electron chi connectivity index (χ1n) is 11.7. The highest BCUT2D eigenvalue weighted by molar-refractivity contribution is 5.83. The molecule has 32 heavy (non-hydrogen) atoms. The lowest BCUT2D eigenvalue weighted by Gasteiger charge is -2.51. The third-order valence-corrected chi connectivity index (χ3v) is 7.34. The Balaban J connectivity index is 1.32. The Morgan fingerprint density at radius 3 is 2.81 bits per heavy atom. The van der Waals surface area contributed by atoms with Crippen LogP contribution in [0.4, 0.5) is 4.79 Å². The van der Waals surface area contributed by atoms with Crippen LogP contribution in [-0.2, 0) is 17.6 Å². The zero-order chi connectivity index (χ0) is 22.1. The minimum absolute atomic E-state index is 0.0381. The van der Waals surface area contributed by atoms with E-state index in [1.165, 1.54) is 16.7 Å². The van der Waals surface area contributed by atoms with Crippen LogP contribution in [0.25, 0.3) is 0 Å². The van der Waals surface area contributed by atoms with Crippen molar-refractivity contribution >= 4 is 11.9 Å². The van der Waals surface area contributed by atoms with Gasteiger partial charge in [-0.2, -0.15) is 0 Å². The molecule has 3 heterocycles. The molecule has 6 heteroatoms. The van der Waals surface area contributed by atoms with Gasteiger partial charge >= 0.3 is 6.03 Å². The number of carbonyl (C=O) groups is 2. The van der Waals surface area contributed by atoms with Crippen LogP contribution in [0, 0.1) is 5.92 Å². The summed E-state index contributed by atoms with van der Waals surface area (Å²) in [5.41, 5.74) is 3.67. The van der Waals surface area contributed by atoms with E-state index < -0.39 is 0 Å². The van der Waals surface area contributed by atoms with Crippen LogP contribution in [0.15, 0.2) is 48.5 Å². The molecule has 2 saturated heterocycles. The Hall–Kier alpha value is -3.02. The molecule has 0 aromatic heterocycles. The van der Waals surface area contributed by atoms with E-state index in [2.05, 4.69) is 34.5 Å². The number of amides is 3. The monoisotopic (exact) mass is 433 g/mol. The number of hydrogen-bond acceptors (Lipinski definition) is 3. The van der Waals surface area contributed by atoms with Gasteiger partial charge < -0.3 is 19.9 Å². The van der Waals surface area contributed by atoms with Gasteiger partial charge in [0.25, 0.3) is 0 Å². The van der Waals surface area contributed by atoms with Crippen molar-refractivity contribution in [3.8, 4) is 5.75 Å². The van der Waals surface area contributed by atoms with Crippen molar-refractivity contribution in [3.63, 3.8) is 0 Å². The molecule has 1 N–H and O–H groups in total. The predicted octanol–water partition coefficient (Wildman–Crippen LogP) is 3.56. The van der Waals surface area contributed by atoms with Crippen LogP contribution in [0.1, 0.15) is 42.0 Å². The number of nitrogens with one attached hydrogen (secondary N) is 1. The number of benzene rings is 2. The molecule has 0 unspecified atom stereocenters. The smallest absolute Gasteiger partial charge is 0.317 e. The average molecular weight is 434 g/mol. The molecule has 0 saturated carbocycles. The molecular formula is C26H31N3O3. The van der Waals surface area contributed by atoms with E-state index in [4.69, 9.17) is 4.74 Å². The molecule has 0 bridgehead atoms. The highest BCUT2D eigenvalue weighted by Crippen LogP contribution is 2.44. The van der Waals surface area contributed by atoms with Crippen LogP contribution in [0.2, 0.25) is 0 Å². The normalized spacial score (nSPS) is 24.3. The van der Waals surface area contributed by atoms with Gasteiger partial charge in [0.2, 0.25) is 5.91 Å². The van der Waals surface area contributed by atoms with Crippen LogP contribution in [-0.4, -0.2) is 54.5 Å². The first-order chi connectivity index (χ1) is 15.7. The van der Waals surface area contributed by atoms with Crippen molar-refractivity contribution in [1.82, 2.24) is 15.1 Å². The fourth-order valence-electron chi connectivity index (χ4n) is 5.72. The minimum Gasteiger partial charge on any atom is -0.497 e. The second-order valence-corrected chi connectivity index (χ2v) is 9.07. The zero-order valence-electron chi connectivity index (χ0n) is 18.6. The topological polar surface area (TPSA) is 61.9 Å². The molecule has 3 amide bonds. The van der Waals surface area contributed by atoms with E-state index >= 15 is 0 Å². The third kappa shape index (κ3) is 3.83. The van der Waals surface area contributed by atoms with Gasteiger partial charge in [-0.1, -0.05) is 36.4 Å². The van der Waals surface area contributed by atoms with Crippen molar-refractivity contribution in [2.75, 3.05) is 26.7 Å². The Bertz CT molecular complexity index is 993. The summed E-state index contributed by atoms with van der Waals surface area (Å²) < 4.78 is 5.40. The lowest BCUT2D eigenvalue weighted by Crippen LogP contribution is -2.61. The fraction of sp³-hybridized carbons (Fsp3) is 0.462. The van der Waals surface area contributed by atoms with E-state index in [0.717, 1.165) is 44.4 Å². The Morgan fingerprint density at radius 1 is 1.16 bits per heavy atom. The number of methoxy groups -OCH3 is 1. The van der Waals surface area contributed by atoms with Crippen molar-refractivity contribution in [2.45, 2.75) is 44.2 Å². The number of urea groups is 1. The van der Waals surface area contributed by atoms with Crippen molar-refractivity contribution in [3.05, 3.63) is 65.2 Å². The second kappa shape index (κ2) is 8.85. The summed E-state index contributed by atoms with van der Waals surface area (Å²) in [4.78, 5) is 30.5. The van der Waals surface area contributed by atoms with Crippen LogP contribution in [0.3, 0.4) is 0 Å². The summed E-state index contributed by atoms with van der Waals surface area (Å²) in [5, 5.41) is 3.10. The summed E-state index contributed by atoms with van der Waals surface area (Å²) in [5.74, 6) is 0.989. The maximum Gasteiger partial charge on any atom is 0.317 e. The SMILES string of the molecule is COc1ccc2c(c1)CCN1C(=O)[C@H]3CCCN(C(=O)NCCc4ccccc4)[C@H]3C[C@@H]21. The van der Waals surface area contributed by atoms with Gasteiger partial charge in [0, 0.05) is 25.7 Å². The first-order valence-corrected chi connectivity index (χ1v) is 11.7. The first kappa shape index (κ1) is 20.9. The van der Waals surface area contributed by atoms with Crippen molar-refractivity contribution in [1.29, 1.82) is 0 Å². The molecule has 3 aliphatic heterocycles. The maximum absolute atomic E-state index is 13.4. The van der Waals surface area contributed by atoms with Crippen LogP contribution >= 0.6 is 0 Å². The number of rotatable bonds is 4. The largest absolute Gasteiger partial charge is 0.497 e. The van der Waals surface area contributed by atoms with Gasteiger partial charge in [-0.15, -0.1) is 0 Å². The van der Waals surface area contributed by atoms with E-state index in [0.29, 0.717) is 13.1 Å². The Kier molecular flexibility index (Phi) is 5.77. The van der Waals surface area contributed by atoms with Gasteiger partial charge in [0.15, 0.2) is 0 Å². The maximum atomic E-state index is 13.4. The zero-order valence-corrected chi connectivity index (χ0v) is 18.6. The van der Waals surface area contributed by atoms with Gasteiger partial charge in [0.1, 0.15) is 5.75 Å². The molecule has 168 valence electrons. The summed E-state index contributed by atoms with van der Waals surface area (Å²) >= 11 is 0. The van der Waals surface area contributed by atoms with Crippen LogP contribution in [0.5, 0.6) is 5.75 Å². The lowest BCUT2D eigenvalue weighted by molar-refractivity contribution is -0.148. The molecule has 5 rings (SSSR count). The summed E-state index contributed by atoms with van der Waals surface area (Å²) in [6.07, 6.45) is 4.22. The Morgan fingerprint density at radius 2 is 2.00 bits per heavy atom. The van der Waals surface area contributed by atoms with E-state index in [1.54, 1.807) is 7.11 Å². The molecule has 0 radical (unpaired) electrons. The average Bonchev–Trinajstić information content (AvgIpc) is 2.84. The van der Waals surface area contributed by atoms with Gasteiger partial charge in [-0.25, -0.2) is 4.79 Å². The predicted molar refractivity (Wildman–Crippen MR) is 123 cm³/mol. The number of piperidine rings is 2. The summed E-state index contributed by atoms with van der Waals surface area (Å²) in [6.45, 7) is 2.06. The van der Waals surface area contributed by atoms with E-state index in [-0.39, 0.29) is 29.9 Å². The minimum atomic E-state index is -0.0836. The quantitative estimate of drug-likeness (QED) is 0.802. The standard InChI is InChI=1S/C26H31N3O3/c1-32-20-9-10-21-19(16-20)12-15-28-23(21)17-24-22(25(28)30)8-5-14-29(24)26(31)27-13-11-18-6-3-2-4-7-18/h2-4,6-7,9-10,16,22-24H,5,8,11-15,17H2,1H3,(H,27,31)/t22-,23-,24-/m0/s1. The van der Waals surface area contributed by atoms with E-state index in [1.807, 2.05) is 29.2 Å². The molecular weight excluding hydrogens is 402 g/mol. The van der Waals surface area contributed by atoms with E-state index in [9.17, 15) is 9.59 Å². The summed E-state index contributed by atoms with van der Waals surface area (Å²) in [7, 11) is 1.68. The highest BCUT2D eigenvalue weighted by atomic mass is 16.5. The Labute approximate surface area is 189 Å². The highest BCUT2D eigenvalue weighted by Gasteiger charge is 2.48. The third-order valence-electron chi connectivity index (χ3n) is 7.34. The second-order valence-electron chi connectivity index (χ2n) is 9.07. The van der Waals surface area contributed by atoms with Crippen LogP contribution < -0.4 is 10.1 Å². The number of carbonyl (C=O) groups excluding carboxylic acids is 2. The molecule has 2 fully saturated rings. The van der Waals surface area contributed by atoms with Crippen molar-refractivity contribution in [2.24, 2.45) is 5.92 Å². The number of ether oxygens (including phenoxy) is 1. The van der Waals surface area contributed by atoms with Crippen molar-refractivity contribution < 1.29 is 14.3 Å². The molecule has 6 nitrogen and oxygen atoms in total. The summed E-state index contributed by atoms with van der Waals surface area (Å²) in [6, 6.07) is 16.3. The number of fused-ring (bicyclic) bond motifs is 4. The molecule has 0 aliphatic carbocycles. The van der Waals surface area contributed by atoms with Gasteiger partial charge in [-0.3, -0.25) is 4.79 Å². The van der Waals surface area contributed by atoms with Gasteiger partial charge in [-0.05, 0) is 60.9 Å².